The first-order chi connectivity index (χ1) is 7.19. The summed E-state index contributed by atoms with van der Waals surface area (Å²) in [4.78, 5) is 4.29. The molecule has 0 aliphatic carbocycles. The van der Waals surface area contributed by atoms with Crippen LogP contribution in [0.3, 0.4) is 0 Å². The maximum Gasteiger partial charge on any atom is 0.218 e. The summed E-state index contributed by atoms with van der Waals surface area (Å²) in [7, 11) is 0. The molecule has 0 bridgehead atoms. The Morgan fingerprint density at radius 1 is 1.47 bits per heavy atom. The molecule has 1 aromatic heterocycles. The van der Waals surface area contributed by atoms with E-state index in [0.717, 1.165) is 16.8 Å². The number of ether oxygens (including phenoxy) is 1. The largest absolute Gasteiger partial charge is 0.477 e. The van der Waals surface area contributed by atoms with Crippen molar-refractivity contribution >= 4 is 0 Å². The third-order valence-corrected chi connectivity index (χ3v) is 2.18. The van der Waals surface area contributed by atoms with E-state index in [1.54, 1.807) is 0 Å². The lowest BCUT2D eigenvalue weighted by Gasteiger charge is -2.12. The highest BCUT2D eigenvalue weighted by Crippen LogP contribution is 2.20. The van der Waals surface area contributed by atoms with E-state index < -0.39 is 0 Å². The van der Waals surface area contributed by atoms with Crippen LogP contribution >= 0.6 is 0 Å². The lowest BCUT2D eigenvalue weighted by atomic mass is 10.1. The third-order valence-electron chi connectivity index (χ3n) is 2.18. The highest BCUT2D eigenvalue weighted by molar-refractivity contribution is 5.35. The number of aliphatic hydroxyl groups excluding tert-OH is 1. The van der Waals surface area contributed by atoms with Crippen molar-refractivity contribution in [2.24, 2.45) is 5.73 Å². The number of aryl methyl sites for hydroxylation is 2. The van der Waals surface area contributed by atoms with Gasteiger partial charge in [-0.25, -0.2) is 4.98 Å². The molecule has 0 aliphatic rings. The normalized spacial score (nSPS) is 10.4. The number of aliphatic hydroxyl groups is 1. The average molecular weight is 210 g/mol. The number of nitrogens with zero attached hydrogens (tertiary/aromatic N) is 1. The molecule has 0 saturated heterocycles. The van der Waals surface area contributed by atoms with Crippen molar-refractivity contribution in [2.75, 3.05) is 13.2 Å². The van der Waals surface area contributed by atoms with Crippen LogP contribution in [0.5, 0.6) is 5.88 Å². The van der Waals surface area contributed by atoms with E-state index in [2.05, 4.69) is 4.98 Å². The van der Waals surface area contributed by atoms with E-state index >= 15 is 0 Å². The molecular weight excluding hydrogens is 192 g/mol. The zero-order valence-corrected chi connectivity index (χ0v) is 9.29. The second kappa shape index (κ2) is 5.68. The summed E-state index contributed by atoms with van der Waals surface area (Å²) < 4.78 is 5.48. The van der Waals surface area contributed by atoms with E-state index in [9.17, 15) is 0 Å². The molecule has 0 saturated carbocycles. The molecule has 1 rings (SSSR count). The van der Waals surface area contributed by atoms with Crippen LogP contribution in [-0.2, 0) is 6.54 Å². The Morgan fingerprint density at radius 3 is 2.80 bits per heavy atom. The van der Waals surface area contributed by atoms with Crippen molar-refractivity contribution in [2.45, 2.75) is 26.8 Å². The summed E-state index contributed by atoms with van der Waals surface area (Å²) in [6.45, 7) is 4.94. The van der Waals surface area contributed by atoms with E-state index in [4.69, 9.17) is 15.6 Å². The zero-order valence-electron chi connectivity index (χ0n) is 9.29. The number of aromatic nitrogens is 1. The summed E-state index contributed by atoms with van der Waals surface area (Å²) in [5.41, 5.74) is 8.60. The Balaban J connectivity index is 2.84. The molecule has 4 heteroatoms. The number of rotatable bonds is 5. The van der Waals surface area contributed by atoms with Gasteiger partial charge in [0.25, 0.3) is 0 Å². The maximum atomic E-state index is 8.65. The van der Waals surface area contributed by atoms with Crippen molar-refractivity contribution in [3.8, 4) is 5.88 Å². The van der Waals surface area contributed by atoms with Gasteiger partial charge >= 0.3 is 0 Å². The fraction of sp³-hybridized carbons (Fsp3) is 0.545. The predicted octanol–water partition coefficient (Wildman–Crippen LogP) is 0.918. The average Bonchev–Trinajstić information content (AvgIpc) is 2.17. The van der Waals surface area contributed by atoms with Crippen LogP contribution in [0.15, 0.2) is 6.07 Å². The lowest BCUT2D eigenvalue weighted by Crippen LogP contribution is -2.09. The van der Waals surface area contributed by atoms with E-state index in [-0.39, 0.29) is 6.61 Å². The molecule has 15 heavy (non-hydrogen) atoms. The summed E-state index contributed by atoms with van der Waals surface area (Å²) in [6.07, 6.45) is 0.610. The van der Waals surface area contributed by atoms with Gasteiger partial charge in [-0.3, -0.25) is 0 Å². The van der Waals surface area contributed by atoms with Gasteiger partial charge in [0.2, 0.25) is 5.88 Å². The van der Waals surface area contributed by atoms with Crippen LogP contribution in [0.4, 0.5) is 0 Å². The molecule has 84 valence electrons. The van der Waals surface area contributed by atoms with Crippen LogP contribution in [0.1, 0.15) is 23.2 Å². The van der Waals surface area contributed by atoms with Gasteiger partial charge in [-0.2, -0.15) is 0 Å². The summed E-state index contributed by atoms with van der Waals surface area (Å²) in [5, 5.41) is 8.65. The number of hydrogen-bond acceptors (Lipinski definition) is 4. The standard InChI is InChI=1S/C11H18N2O2/c1-8-6-9(2)13-11(10(8)7-12)15-5-3-4-14/h6,14H,3-5,7,12H2,1-2H3. The topological polar surface area (TPSA) is 68.4 Å². The fourth-order valence-electron chi connectivity index (χ4n) is 1.43. The Bertz CT molecular complexity index is 327. The lowest BCUT2D eigenvalue weighted by molar-refractivity contribution is 0.228. The molecule has 0 amide bonds. The van der Waals surface area contributed by atoms with Crippen LogP contribution in [0, 0.1) is 13.8 Å². The first-order valence-electron chi connectivity index (χ1n) is 5.10. The smallest absolute Gasteiger partial charge is 0.218 e. The molecule has 0 aromatic carbocycles. The quantitative estimate of drug-likeness (QED) is 0.709. The number of nitrogens with two attached hydrogens (primary N) is 1. The number of hydrogen-bond donors (Lipinski definition) is 2. The third kappa shape index (κ3) is 3.18. The molecule has 0 atom stereocenters. The van der Waals surface area contributed by atoms with Crippen molar-refractivity contribution in [3.05, 3.63) is 22.9 Å². The van der Waals surface area contributed by atoms with Gasteiger partial charge in [-0.15, -0.1) is 0 Å². The first kappa shape index (κ1) is 11.9. The SMILES string of the molecule is Cc1cc(C)c(CN)c(OCCCO)n1. The summed E-state index contributed by atoms with van der Waals surface area (Å²) >= 11 is 0. The Morgan fingerprint density at radius 2 is 2.20 bits per heavy atom. The monoisotopic (exact) mass is 210 g/mol. The molecule has 0 fully saturated rings. The Kier molecular flexibility index (Phi) is 4.52. The predicted molar refractivity (Wildman–Crippen MR) is 58.8 cm³/mol. The minimum Gasteiger partial charge on any atom is -0.477 e. The second-order valence-electron chi connectivity index (χ2n) is 3.49. The van der Waals surface area contributed by atoms with Crippen molar-refractivity contribution in [1.29, 1.82) is 0 Å². The van der Waals surface area contributed by atoms with E-state index in [0.29, 0.717) is 25.5 Å². The van der Waals surface area contributed by atoms with Gasteiger partial charge in [0, 0.05) is 30.8 Å². The van der Waals surface area contributed by atoms with Gasteiger partial charge in [0.15, 0.2) is 0 Å². The molecule has 1 heterocycles. The van der Waals surface area contributed by atoms with Gasteiger partial charge in [0.1, 0.15) is 0 Å². The number of pyridine rings is 1. The molecule has 0 radical (unpaired) electrons. The van der Waals surface area contributed by atoms with Crippen molar-refractivity contribution < 1.29 is 9.84 Å². The molecule has 0 spiro atoms. The molecular formula is C11H18N2O2. The molecule has 1 aromatic rings. The van der Waals surface area contributed by atoms with Crippen LogP contribution < -0.4 is 10.5 Å². The van der Waals surface area contributed by atoms with E-state index in [1.165, 1.54) is 0 Å². The van der Waals surface area contributed by atoms with E-state index in [1.807, 2.05) is 19.9 Å². The first-order valence-corrected chi connectivity index (χ1v) is 5.10. The zero-order chi connectivity index (χ0) is 11.3. The Hall–Kier alpha value is -1.13. The Labute approximate surface area is 90.1 Å². The van der Waals surface area contributed by atoms with Gasteiger partial charge in [0.05, 0.1) is 6.61 Å². The maximum absolute atomic E-state index is 8.65. The second-order valence-corrected chi connectivity index (χ2v) is 3.49. The van der Waals surface area contributed by atoms with Gasteiger partial charge in [-0.05, 0) is 25.5 Å². The van der Waals surface area contributed by atoms with Crippen molar-refractivity contribution in [1.82, 2.24) is 4.98 Å². The van der Waals surface area contributed by atoms with Crippen LogP contribution in [0.2, 0.25) is 0 Å². The van der Waals surface area contributed by atoms with Crippen molar-refractivity contribution in [3.63, 3.8) is 0 Å². The summed E-state index contributed by atoms with van der Waals surface area (Å²) in [6, 6.07) is 1.99. The molecule has 4 nitrogen and oxygen atoms in total. The minimum absolute atomic E-state index is 0.128. The highest BCUT2D eigenvalue weighted by atomic mass is 16.5. The van der Waals surface area contributed by atoms with Crippen LogP contribution in [-0.4, -0.2) is 23.3 Å². The minimum atomic E-state index is 0.128. The molecule has 0 aliphatic heterocycles. The van der Waals surface area contributed by atoms with Crippen LogP contribution in [0.25, 0.3) is 0 Å². The fourth-order valence-corrected chi connectivity index (χ4v) is 1.43. The molecule has 3 N–H and O–H groups in total. The highest BCUT2D eigenvalue weighted by Gasteiger charge is 2.08. The molecule has 0 unspecified atom stereocenters. The summed E-state index contributed by atoms with van der Waals surface area (Å²) in [5.74, 6) is 0.600. The van der Waals surface area contributed by atoms with Gasteiger partial charge in [-0.1, -0.05) is 0 Å². The van der Waals surface area contributed by atoms with Gasteiger partial charge < -0.3 is 15.6 Å².